The summed E-state index contributed by atoms with van der Waals surface area (Å²) in [5.41, 5.74) is 2.23. The van der Waals surface area contributed by atoms with Crippen LogP contribution in [0.25, 0.3) is 0 Å². The van der Waals surface area contributed by atoms with Crippen LogP contribution < -0.4 is 0 Å². The topological polar surface area (TPSA) is 20.2 Å². The smallest absolute Gasteiger partial charge is 0.0682 e. The number of halogens is 1. The lowest BCUT2D eigenvalue weighted by Gasteiger charge is -2.02. The standard InChI is InChI=1S/C8H8IOSi/c9-8-3-6(4-10)1-2-7(8)5-11/h1-3,10H,4-5H2. The van der Waals surface area contributed by atoms with E-state index in [2.05, 4.69) is 32.8 Å². The van der Waals surface area contributed by atoms with Crippen molar-refractivity contribution in [2.75, 3.05) is 0 Å². The molecule has 0 aliphatic heterocycles. The van der Waals surface area contributed by atoms with E-state index in [0.29, 0.717) is 0 Å². The quantitative estimate of drug-likeness (QED) is 0.640. The van der Waals surface area contributed by atoms with Gasteiger partial charge in [-0.1, -0.05) is 12.1 Å². The summed E-state index contributed by atoms with van der Waals surface area (Å²) in [6.07, 6.45) is 0. The molecular weight excluding hydrogens is 267 g/mol. The normalized spacial score (nSPS) is 10.1. The number of hydrogen-bond acceptors (Lipinski definition) is 1. The fourth-order valence-corrected chi connectivity index (χ4v) is 2.27. The molecule has 1 nitrogen and oxygen atoms in total. The molecule has 3 heteroatoms. The van der Waals surface area contributed by atoms with Gasteiger partial charge in [-0.2, -0.15) is 0 Å². The van der Waals surface area contributed by atoms with Crippen LogP contribution in [0, 0.1) is 3.57 Å². The van der Waals surface area contributed by atoms with Gasteiger partial charge in [0, 0.05) is 13.8 Å². The molecule has 0 amide bonds. The zero-order valence-corrected chi connectivity index (χ0v) is 9.13. The molecule has 3 radical (unpaired) electrons. The summed E-state index contributed by atoms with van der Waals surface area (Å²) in [6, 6.07) is 6.83. The van der Waals surface area contributed by atoms with Crippen molar-refractivity contribution in [2.45, 2.75) is 12.7 Å². The molecule has 57 valence electrons. The second-order valence-electron chi connectivity index (χ2n) is 2.26. The summed E-state index contributed by atoms with van der Waals surface area (Å²) < 4.78 is 1.20. The molecule has 0 fully saturated rings. The van der Waals surface area contributed by atoms with E-state index >= 15 is 0 Å². The Morgan fingerprint density at radius 2 is 2.18 bits per heavy atom. The number of aliphatic hydroxyl groups is 1. The van der Waals surface area contributed by atoms with Gasteiger partial charge >= 0.3 is 0 Å². The summed E-state index contributed by atoms with van der Waals surface area (Å²) in [7, 11) is 3.43. The zero-order valence-electron chi connectivity index (χ0n) is 5.97. The lowest BCUT2D eigenvalue weighted by Crippen LogP contribution is -1.91. The molecule has 0 saturated heterocycles. The molecular formula is C8H8IOSi. The van der Waals surface area contributed by atoms with Crippen LogP contribution in [0.2, 0.25) is 0 Å². The highest BCUT2D eigenvalue weighted by Gasteiger charge is 1.97. The molecule has 1 rings (SSSR count). The minimum absolute atomic E-state index is 0.123. The largest absolute Gasteiger partial charge is 0.392 e. The molecule has 0 spiro atoms. The molecule has 0 bridgehead atoms. The molecule has 1 N–H and O–H groups in total. The highest BCUT2D eigenvalue weighted by molar-refractivity contribution is 14.1. The minimum Gasteiger partial charge on any atom is -0.392 e. The first kappa shape index (κ1) is 9.22. The van der Waals surface area contributed by atoms with Crippen molar-refractivity contribution in [1.82, 2.24) is 0 Å². The van der Waals surface area contributed by atoms with E-state index in [0.717, 1.165) is 11.6 Å². The van der Waals surface area contributed by atoms with E-state index in [4.69, 9.17) is 5.11 Å². The van der Waals surface area contributed by atoms with Gasteiger partial charge in [0.1, 0.15) is 0 Å². The molecule has 0 aliphatic carbocycles. The monoisotopic (exact) mass is 275 g/mol. The maximum atomic E-state index is 8.81. The maximum Gasteiger partial charge on any atom is 0.0682 e. The fraction of sp³-hybridized carbons (Fsp3) is 0.250. The molecule has 11 heavy (non-hydrogen) atoms. The average molecular weight is 275 g/mol. The van der Waals surface area contributed by atoms with Crippen molar-refractivity contribution in [2.24, 2.45) is 0 Å². The Morgan fingerprint density at radius 1 is 1.45 bits per heavy atom. The molecule has 0 atom stereocenters. The first-order valence-corrected chi connectivity index (χ1v) is 5.09. The van der Waals surface area contributed by atoms with Crippen molar-refractivity contribution in [1.29, 1.82) is 0 Å². The lowest BCUT2D eigenvalue weighted by atomic mass is 10.2. The van der Waals surface area contributed by atoms with E-state index in [-0.39, 0.29) is 6.61 Å². The van der Waals surface area contributed by atoms with Crippen LogP contribution in [0.4, 0.5) is 0 Å². The van der Waals surface area contributed by atoms with Gasteiger partial charge in [-0.25, -0.2) is 0 Å². The maximum absolute atomic E-state index is 8.81. The van der Waals surface area contributed by atoms with Gasteiger partial charge < -0.3 is 5.11 Å². The van der Waals surface area contributed by atoms with Gasteiger partial charge in [0.2, 0.25) is 0 Å². The van der Waals surface area contributed by atoms with Crippen LogP contribution in [0.15, 0.2) is 18.2 Å². The van der Waals surface area contributed by atoms with Gasteiger partial charge in [0.15, 0.2) is 0 Å². The Morgan fingerprint density at radius 3 is 2.64 bits per heavy atom. The molecule has 1 aromatic carbocycles. The fourth-order valence-electron chi connectivity index (χ4n) is 0.833. The van der Waals surface area contributed by atoms with Gasteiger partial charge in [-0.15, -0.1) is 0 Å². The minimum atomic E-state index is 0.123. The third-order valence-corrected chi connectivity index (χ3v) is 2.88. The van der Waals surface area contributed by atoms with E-state index < -0.39 is 0 Å². The van der Waals surface area contributed by atoms with Gasteiger partial charge in [-0.05, 0) is 45.8 Å². The summed E-state index contributed by atoms with van der Waals surface area (Å²) in [4.78, 5) is 0. The van der Waals surface area contributed by atoms with Crippen LogP contribution in [-0.2, 0) is 12.7 Å². The van der Waals surface area contributed by atoms with E-state index in [9.17, 15) is 0 Å². The molecule has 1 aromatic rings. The number of aliphatic hydroxyl groups excluding tert-OH is 1. The van der Waals surface area contributed by atoms with E-state index in [1.54, 1.807) is 0 Å². The molecule has 0 unspecified atom stereocenters. The van der Waals surface area contributed by atoms with E-state index in [1.165, 1.54) is 9.13 Å². The summed E-state index contributed by atoms with van der Waals surface area (Å²) in [5.74, 6) is 0. The summed E-state index contributed by atoms with van der Waals surface area (Å²) in [6.45, 7) is 0.123. The molecule has 0 heterocycles. The Hall–Kier alpha value is 0.127. The SMILES string of the molecule is OCc1ccc(C[Si])c(I)c1. The van der Waals surface area contributed by atoms with Crippen molar-refractivity contribution in [3.05, 3.63) is 32.9 Å². The van der Waals surface area contributed by atoms with Crippen LogP contribution in [-0.4, -0.2) is 15.3 Å². The third kappa shape index (κ3) is 2.28. The Balaban J connectivity index is 2.99. The van der Waals surface area contributed by atoms with Crippen LogP contribution in [0.3, 0.4) is 0 Å². The van der Waals surface area contributed by atoms with Crippen molar-refractivity contribution in [3.8, 4) is 0 Å². The predicted molar refractivity (Wildman–Crippen MR) is 54.5 cm³/mol. The summed E-state index contributed by atoms with van der Waals surface area (Å²) >= 11 is 2.27. The van der Waals surface area contributed by atoms with Gasteiger partial charge in [-0.3, -0.25) is 0 Å². The average Bonchev–Trinajstić information content (AvgIpc) is 2.04. The number of hydrogen-bond donors (Lipinski definition) is 1. The van der Waals surface area contributed by atoms with E-state index in [1.807, 2.05) is 18.2 Å². The van der Waals surface area contributed by atoms with Crippen LogP contribution in [0.1, 0.15) is 11.1 Å². The van der Waals surface area contributed by atoms with Crippen molar-refractivity contribution < 1.29 is 5.11 Å². The second-order valence-corrected chi connectivity index (χ2v) is 3.78. The number of rotatable bonds is 2. The molecule has 0 saturated carbocycles. The number of benzene rings is 1. The molecule has 0 aromatic heterocycles. The van der Waals surface area contributed by atoms with Crippen LogP contribution in [0.5, 0.6) is 0 Å². The Kier molecular flexibility index (Phi) is 3.54. The zero-order chi connectivity index (χ0) is 8.27. The lowest BCUT2D eigenvalue weighted by molar-refractivity contribution is 0.281. The third-order valence-electron chi connectivity index (χ3n) is 1.49. The van der Waals surface area contributed by atoms with Crippen LogP contribution >= 0.6 is 22.6 Å². The predicted octanol–water partition coefficient (Wildman–Crippen LogP) is 1.45. The van der Waals surface area contributed by atoms with Gasteiger partial charge in [0.05, 0.1) is 6.61 Å². The highest BCUT2D eigenvalue weighted by atomic mass is 127. The van der Waals surface area contributed by atoms with Gasteiger partial charge in [0.25, 0.3) is 0 Å². The first-order valence-electron chi connectivity index (χ1n) is 3.30. The molecule has 0 aliphatic rings. The Labute approximate surface area is 83.4 Å². The van der Waals surface area contributed by atoms with Crippen molar-refractivity contribution in [3.63, 3.8) is 0 Å². The Bertz CT molecular complexity index is 250. The second kappa shape index (κ2) is 4.23. The summed E-state index contributed by atoms with van der Waals surface area (Å²) in [5, 5.41) is 8.81. The van der Waals surface area contributed by atoms with Crippen molar-refractivity contribution >= 4 is 32.8 Å². The highest BCUT2D eigenvalue weighted by Crippen LogP contribution is 2.14. The first-order chi connectivity index (χ1) is 5.27.